The Morgan fingerprint density at radius 1 is 1.31 bits per heavy atom. The number of aliphatic imine (C=N–C) groups is 1. The molecule has 0 unspecified atom stereocenters. The molecule has 7 heteroatoms. The van der Waals surface area contributed by atoms with Crippen LogP contribution in [0, 0.1) is 0 Å². The molecular formula is C9H6F3NO3. The van der Waals surface area contributed by atoms with E-state index in [0.717, 1.165) is 12.1 Å². The Bertz CT molecular complexity index is 424. The van der Waals surface area contributed by atoms with Crippen molar-refractivity contribution in [3.05, 3.63) is 18.2 Å². The van der Waals surface area contributed by atoms with Gasteiger partial charge in [0.05, 0.1) is 12.8 Å². The maximum atomic E-state index is 11.9. The number of hydrogen-bond acceptors (Lipinski definition) is 4. The monoisotopic (exact) mass is 233 g/mol. The van der Waals surface area contributed by atoms with Crippen LogP contribution in [0.25, 0.3) is 0 Å². The molecule has 1 rings (SSSR count). The van der Waals surface area contributed by atoms with Crippen LogP contribution in [0.15, 0.2) is 23.2 Å². The van der Waals surface area contributed by atoms with Gasteiger partial charge in [0.2, 0.25) is 6.08 Å². The number of carbonyl (C=O) groups excluding carboxylic acids is 1. The second-order valence-electron chi connectivity index (χ2n) is 2.59. The summed E-state index contributed by atoms with van der Waals surface area (Å²) in [5.74, 6) is -0.673. The molecular weight excluding hydrogens is 227 g/mol. The molecule has 86 valence electrons. The lowest BCUT2D eigenvalue weighted by molar-refractivity contribution is -0.275. The van der Waals surface area contributed by atoms with Crippen molar-refractivity contribution >= 4 is 11.8 Å². The molecule has 16 heavy (non-hydrogen) atoms. The molecule has 0 fully saturated rings. The third-order valence-corrected chi connectivity index (χ3v) is 1.55. The molecule has 0 aliphatic heterocycles. The average Bonchev–Trinajstić information content (AvgIpc) is 2.18. The lowest BCUT2D eigenvalue weighted by atomic mass is 10.3. The van der Waals surface area contributed by atoms with E-state index in [4.69, 9.17) is 0 Å². The number of nitrogens with zero attached hydrogens (tertiary/aromatic N) is 1. The highest BCUT2D eigenvalue weighted by Gasteiger charge is 2.32. The highest BCUT2D eigenvalue weighted by Crippen LogP contribution is 2.34. The maximum absolute atomic E-state index is 11.9. The van der Waals surface area contributed by atoms with Crippen LogP contribution in [0.4, 0.5) is 18.9 Å². The van der Waals surface area contributed by atoms with Crippen molar-refractivity contribution in [1.29, 1.82) is 0 Å². The first-order chi connectivity index (χ1) is 7.46. The van der Waals surface area contributed by atoms with Crippen molar-refractivity contribution in [3.8, 4) is 11.5 Å². The van der Waals surface area contributed by atoms with Crippen molar-refractivity contribution in [2.45, 2.75) is 6.36 Å². The van der Waals surface area contributed by atoms with E-state index >= 15 is 0 Å². The Balaban J connectivity index is 3.06. The molecule has 4 nitrogen and oxygen atoms in total. The van der Waals surface area contributed by atoms with E-state index < -0.39 is 12.1 Å². The number of isocyanates is 1. The molecule has 0 aromatic heterocycles. The topological polar surface area (TPSA) is 47.9 Å². The summed E-state index contributed by atoms with van der Waals surface area (Å²) in [6.07, 6.45) is -3.54. The largest absolute Gasteiger partial charge is 0.573 e. The Morgan fingerprint density at radius 2 is 2.00 bits per heavy atom. The zero-order valence-corrected chi connectivity index (χ0v) is 8.04. The molecule has 0 bridgehead atoms. The third-order valence-electron chi connectivity index (χ3n) is 1.55. The second-order valence-corrected chi connectivity index (χ2v) is 2.59. The normalized spacial score (nSPS) is 10.5. The van der Waals surface area contributed by atoms with Crippen LogP contribution in [-0.4, -0.2) is 19.6 Å². The Morgan fingerprint density at radius 3 is 2.50 bits per heavy atom. The van der Waals surface area contributed by atoms with Gasteiger partial charge in [0, 0.05) is 6.07 Å². The van der Waals surface area contributed by atoms with E-state index in [-0.39, 0.29) is 11.4 Å². The van der Waals surface area contributed by atoms with Gasteiger partial charge in [-0.15, -0.1) is 13.2 Å². The minimum atomic E-state index is -4.80. The zero-order valence-electron chi connectivity index (χ0n) is 8.04. The fourth-order valence-corrected chi connectivity index (χ4v) is 0.988. The molecule has 0 saturated heterocycles. The summed E-state index contributed by atoms with van der Waals surface area (Å²) in [7, 11) is 1.17. The van der Waals surface area contributed by atoms with Crippen molar-refractivity contribution in [2.75, 3.05) is 7.11 Å². The highest BCUT2D eigenvalue weighted by molar-refractivity contribution is 5.55. The van der Waals surface area contributed by atoms with Crippen LogP contribution in [0.1, 0.15) is 0 Å². The number of hydrogen-bond donors (Lipinski definition) is 0. The van der Waals surface area contributed by atoms with Crippen LogP contribution in [0.2, 0.25) is 0 Å². The summed E-state index contributed by atoms with van der Waals surface area (Å²) in [4.78, 5) is 13.2. The molecule has 1 aromatic carbocycles. The predicted octanol–water partition coefficient (Wildman–Crippen LogP) is 2.56. The van der Waals surface area contributed by atoms with Crippen molar-refractivity contribution in [1.82, 2.24) is 0 Å². The first-order valence-electron chi connectivity index (χ1n) is 3.98. The van der Waals surface area contributed by atoms with Crippen LogP contribution in [0.3, 0.4) is 0 Å². The summed E-state index contributed by atoms with van der Waals surface area (Å²) in [5.41, 5.74) is 0.126. The third kappa shape index (κ3) is 3.29. The van der Waals surface area contributed by atoms with Gasteiger partial charge in [-0.1, -0.05) is 0 Å². The van der Waals surface area contributed by atoms with Gasteiger partial charge in [-0.05, 0) is 12.1 Å². The summed E-state index contributed by atoms with van der Waals surface area (Å²) < 4.78 is 44.2. The standard InChI is InChI=1S/C9H6F3NO3/c1-15-8-4-6(13-5-14)2-3-7(8)16-9(10,11)12/h2-4H,1H3. The smallest absolute Gasteiger partial charge is 0.493 e. The van der Waals surface area contributed by atoms with Crippen LogP contribution in [-0.2, 0) is 4.79 Å². The Kier molecular flexibility index (Phi) is 3.52. The minimum Gasteiger partial charge on any atom is -0.493 e. The zero-order chi connectivity index (χ0) is 12.2. The highest BCUT2D eigenvalue weighted by atomic mass is 19.4. The van der Waals surface area contributed by atoms with Gasteiger partial charge >= 0.3 is 6.36 Å². The van der Waals surface area contributed by atoms with E-state index in [1.807, 2.05) is 0 Å². The minimum absolute atomic E-state index is 0.126. The van der Waals surface area contributed by atoms with Crippen molar-refractivity contribution in [2.24, 2.45) is 4.99 Å². The summed E-state index contributed by atoms with van der Waals surface area (Å²) in [6, 6.07) is 3.31. The van der Waals surface area contributed by atoms with E-state index in [1.165, 1.54) is 19.3 Å². The predicted molar refractivity (Wildman–Crippen MR) is 47.5 cm³/mol. The number of rotatable bonds is 3. The first-order valence-corrected chi connectivity index (χ1v) is 3.98. The Hall–Kier alpha value is -2.01. The lowest BCUT2D eigenvalue weighted by Gasteiger charge is -2.12. The molecule has 0 aliphatic carbocycles. The molecule has 0 atom stereocenters. The first kappa shape index (κ1) is 12.1. The van der Waals surface area contributed by atoms with E-state index in [1.54, 1.807) is 0 Å². The van der Waals surface area contributed by atoms with Crippen LogP contribution < -0.4 is 9.47 Å². The fraction of sp³-hybridized carbons (Fsp3) is 0.222. The van der Waals surface area contributed by atoms with E-state index in [9.17, 15) is 18.0 Å². The number of methoxy groups -OCH3 is 1. The molecule has 1 aromatic rings. The number of halogens is 3. The molecule has 0 amide bonds. The quantitative estimate of drug-likeness (QED) is 0.595. The van der Waals surface area contributed by atoms with Crippen molar-refractivity contribution < 1.29 is 27.4 Å². The number of benzene rings is 1. The number of ether oxygens (including phenoxy) is 2. The summed E-state index contributed by atoms with van der Waals surface area (Å²) in [5, 5.41) is 0. The van der Waals surface area contributed by atoms with E-state index in [0.29, 0.717) is 0 Å². The average molecular weight is 233 g/mol. The van der Waals surface area contributed by atoms with E-state index in [2.05, 4.69) is 14.5 Å². The van der Waals surface area contributed by atoms with Gasteiger partial charge in [-0.3, -0.25) is 0 Å². The van der Waals surface area contributed by atoms with Crippen molar-refractivity contribution in [3.63, 3.8) is 0 Å². The van der Waals surface area contributed by atoms with Gasteiger partial charge < -0.3 is 9.47 Å². The second kappa shape index (κ2) is 4.67. The SMILES string of the molecule is COc1cc(N=C=O)ccc1OC(F)(F)F. The van der Waals surface area contributed by atoms with Gasteiger partial charge in [-0.25, -0.2) is 4.79 Å². The van der Waals surface area contributed by atoms with Gasteiger partial charge in [0.15, 0.2) is 11.5 Å². The fourth-order valence-electron chi connectivity index (χ4n) is 0.988. The maximum Gasteiger partial charge on any atom is 0.573 e. The van der Waals surface area contributed by atoms with Crippen LogP contribution in [0.5, 0.6) is 11.5 Å². The van der Waals surface area contributed by atoms with Gasteiger partial charge in [-0.2, -0.15) is 4.99 Å². The van der Waals surface area contributed by atoms with Gasteiger partial charge in [0.25, 0.3) is 0 Å². The summed E-state index contributed by atoms with van der Waals surface area (Å²) >= 11 is 0. The molecule has 0 spiro atoms. The van der Waals surface area contributed by atoms with Gasteiger partial charge in [0.1, 0.15) is 0 Å². The lowest BCUT2D eigenvalue weighted by Crippen LogP contribution is -2.17. The van der Waals surface area contributed by atoms with Crippen LogP contribution >= 0.6 is 0 Å². The molecule has 0 heterocycles. The molecule has 0 N–H and O–H groups in total. The molecule has 0 aliphatic rings. The Labute approximate surface area is 88.3 Å². The molecule has 0 radical (unpaired) electrons. The number of alkyl halides is 3. The molecule has 0 saturated carbocycles. The summed E-state index contributed by atoms with van der Waals surface area (Å²) in [6.45, 7) is 0.